The molecule has 0 fully saturated rings. The lowest BCUT2D eigenvalue weighted by Gasteiger charge is -2.13. The number of ether oxygens (including phenoxy) is 2. The van der Waals surface area contributed by atoms with Crippen molar-refractivity contribution >= 4 is 15.9 Å². The fourth-order valence-electron chi connectivity index (χ4n) is 2.43. The molecule has 3 aromatic rings. The highest BCUT2D eigenvalue weighted by Gasteiger charge is 2.18. The van der Waals surface area contributed by atoms with Crippen LogP contribution in [-0.4, -0.2) is 34.5 Å². The Labute approximate surface area is 152 Å². The number of benzene rings is 2. The van der Waals surface area contributed by atoms with Crippen LogP contribution in [0.4, 0.5) is 0 Å². The fourth-order valence-corrected chi connectivity index (χ4v) is 2.79. The maximum absolute atomic E-state index is 10.0. The van der Waals surface area contributed by atoms with Gasteiger partial charge in [0.2, 0.25) is 0 Å². The number of halogens is 1. The molecule has 1 aromatic heterocycles. The van der Waals surface area contributed by atoms with E-state index in [0.29, 0.717) is 28.7 Å². The minimum Gasteiger partial charge on any atom is -0.507 e. The summed E-state index contributed by atoms with van der Waals surface area (Å²) >= 11 is 3.37. The van der Waals surface area contributed by atoms with Crippen LogP contribution in [0.3, 0.4) is 0 Å². The van der Waals surface area contributed by atoms with Crippen molar-refractivity contribution in [2.75, 3.05) is 14.2 Å². The Kier molecular flexibility index (Phi) is 4.91. The van der Waals surface area contributed by atoms with E-state index in [0.717, 1.165) is 10.0 Å². The largest absolute Gasteiger partial charge is 0.507 e. The molecule has 0 saturated heterocycles. The summed E-state index contributed by atoms with van der Waals surface area (Å²) in [5.74, 6) is 2.13. The number of rotatable bonds is 5. The Morgan fingerprint density at radius 3 is 2.60 bits per heavy atom. The van der Waals surface area contributed by atoms with Crippen LogP contribution >= 0.6 is 15.9 Å². The predicted molar refractivity (Wildman–Crippen MR) is 96.8 cm³/mol. The maximum atomic E-state index is 10.0. The SMILES string of the molecule is COc1ccc(C(N)c2nc(-c3cc(Br)ccc3O)n[nH]2)cc1OC. The highest BCUT2D eigenvalue weighted by atomic mass is 79.9. The van der Waals surface area contributed by atoms with Gasteiger partial charge in [0.1, 0.15) is 11.6 Å². The van der Waals surface area contributed by atoms with E-state index in [1.807, 2.05) is 6.07 Å². The second kappa shape index (κ2) is 7.12. The van der Waals surface area contributed by atoms with Crippen molar-refractivity contribution in [3.63, 3.8) is 0 Å². The summed E-state index contributed by atoms with van der Waals surface area (Å²) < 4.78 is 11.3. The molecule has 0 aliphatic rings. The van der Waals surface area contributed by atoms with Gasteiger partial charge in [-0.2, -0.15) is 5.10 Å². The molecule has 8 heteroatoms. The second-order valence-electron chi connectivity index (χ2n) is 5.30. The predicted octanol–water partition coefficient (Wildman–Crippen LogP) is 3.01. The number of phenolic OH excluding ortho intramolecular Hbond substituents is 1. The van der Waals surface area contributed by atoms with Gasteiger partial charge in [-0.15, -0.1) is 0 Å². The van der Waals surface area contributed by atoms with Gasteiger partial charge in [-0.3, -0.25) is 5.10 Å². The number of hydrogen-bond donors (Lipinski definition) is 3. The first-order chi connectivity index (χ1) is 12.0. The Bertz CT molecular complexity index is 897. The van der Waals surface area contributed by atoms with Gasteiger partial charge in [0.05, 0.1) is 25.8 Å². The van der Waals surface area contributed by atoms with Crippen LogP contribution in [0.25, 0.3) is 11.4 Å². The molecule has 0 saturated carbocycles. The minimum absolute atomic E-state index is 0.0911. The summed E-state index contributed by atoms with van der Waals surface area (Å²) in [7, 11) is 3.14. The number of methoxy groups -OCH3 is 2. The number of nitrogens with two attached hydrogens (primary N) is 1. The van der Waals surface area contributed by atoms with Gasteiger partial charge in [-0.25, -0.2) is 4.98 Å². The molecule has 1 heterocycles. The lowest BCUT2D eigenvalue weighted by molar-refractivity contribution is 0.354. The van der Waals surface area contributed by atoms with Gasteiger partial charge >= 0.3 is 0 Å². The number of aromatic hydroxyl groups is 1. The van der Waals surface area contributed by atoms with Crippen LogP contribution in [0.1, 0.15) is 17.4 Å². The van der Waals surface area contributed by atoms with Crippen molar-refractivity contribution in [2.24, 2.45) is 5.73 Å². The lowest BCUT2D eigenvalue weighted by atomic mass is 10.1. The normalized spacial score (nSPS) is 12.0. The summed E-state index contributed by atoms with van der Waals surface area (Å²) in [5.41, 5.74) is 7.59. The zero-order chi connectivity index (χ0) is 18.0. The molecule has 2 aromatic carbocycles. The third-order valence-corrected chi connectivity index (χ3v) is 4.26. The molecule has 0 spiro atoms. The number of aromatic nitrogens is 3. The molecule has 0 aliphatic carbocycles. The molecule has 1 unspecified atom stereocenters. The zero-order valence-electron chi connectivity index (χ0n) is 13.7. The average molecular weight is 405 g/mol. The molecule has 1 atom stereocenters. The first kappa shape index (κ1) is 17.2. The smallest absolute Gasteiger partial charge is 0.184 e. The Hall–Kier alpha value is -2.58. The van der Waals surface area contributed by atoms with Crippen LogP contribution in [0.5, 0.6) is 17.2 Å². The maximum Gasteiger partial charge on any atom is 0.184 e. The van der Waals surface area contributed by atoms with E-state index < -0.39 is 6.04 Å². The summed E-state index contributed by atoms with van der Waals surface area (Å²) in [6.45, 7) is 0. The minimum atomic E-state index is -0.532. The van der Waals surface area contributed by atoms with E-state index in [9.17, 15) is 5.11 Å². The van der Waals surface area contributed by atoms with Gasteiger partial charge in [0, 0.05) is 4.47 Å². The molecular weight excluding hydrogens is 388 g/mol. The van der Waals surface area contributed by atoms with Crippen molar-refractivity contribution in [3.8, 4) is 28.6 Å². The van der Waals surface area contributed by atoms with Gasteiger partial charge < -0.3 is 20.3 Å². The third kappa shape index (κ3) is 3.45. The molecule has 0 bridgehead atoms. The third-order valence-electron chi connectivity index (χ3n) is 3.76. The Balaban J connectivity index is 1.93. The summed E-state index contributed by atoms with van der Waals surface area (Å²) in [6.07, 6.45) is 0. The Morgan fingerprint density at radius 1 is 1.12 bits per heavy atom. The first-order valence-corrected chi connectivity index (χ1v) is 8.21. The molecule has 25 heavy (non-hydrogen) atoms. The molecule has 4 N–H and O–H groups in total. The summed E-state index contributed by atoms with van der Waals surface area (Å²) in [5, 5.41) is 17.0. The Morgan fingerprint density at radius 2 is 1.88 bits per heavy atom. The zero-order valence-corrected chi connectivity index (χ0v) is 15.2. The van der Waals surface area contributed by atoms with Crippen molar-refractivity contribution in [1.29, 1.82) is 0 Å². The molecule has 0 aliphatic heterocycles. The molecule has 0 radical (unpaired) electrons. The number of aromatic amines is 1. The number of H-pyrrole nitrogens is 1. The monoisotopic (exact) mass is 404 g/mol. The topological polar surface area (TPSA) is 106 Å². The van der Waals surface area contributed by atoms with E-state index >= 15 is 0 Å². The number of nitrogens with zero attached hydrogens (tertiary/aromatic N) is 2. The number of hydrogen-bond acceptors (Lipinski definition) is 6. The van der Waals surface area contributed by atoms with Crippen molar-refractivity contribution in [2.45, 2.75) is 6.04 Å². The van der Waals surface area contributed by atoms with Crippen molar-refractivity contribution in [3.05, 3.63) is 52.3 Å². The van der Waals surface area contributed by atoms with Gasteiger partial charge in [0.25, 0.3) is 0 Å². The average Bonchev–Trinajstić information content (AvgIpc) is 3.12. The van der Waals surface area contributed by atoms with Crippen LogP contribution in [0, 0.1) is 0 Å². The molecule has 0 amide bonds. The van der Waals surface area contributed by atoms with Crippen LogP contribution < -0.4 is 15.2 Å². The number of phenols is 1. The van der Waals surface area contributed by atoms with E-state index in [-0.39, 0.29) is 5.75 Å². The highest BCUT2D eigenvalue weighted by molar-refractivity contribution is 9.10. The molecule has 130 valence electrons. The summed E-state index contributed by atoms with van der Waals surface area (Å²) in [6, 6.07) is 9.93. The first-order valence-electron chi connectivity index (χ1n) is 7.42. The van der Waals surface area contributed by atoms with E-state index in [1.54, 1.807) is 44.6 Å². The molecule has 7 nitrogen and oxygen atoms in total. The molecule has 3 rings (SSSR count). The van der Waals surface area contributed by atoms with Crippen molar-refractivity contribution < 1.29 is 14.6 Å². The van der Waals surface area contributed by atoms with Crippen LogP contribution in [0.15, 0.2) is 40.9 Å². The molecular formula is C17H17BrN4O3. The summed E-state index contributed by atoms with van der Waals surface area (Å²) in [4.78, 5) is 4.41. The van der Waals surface area contributed by atoms with Crippen molar-refractivity contribution in [1.82, 2.24) is 15.2 Å². The van der Waals surface area contributed by atoms with E-state index in [1.165, 1.54) is 0 Å². The van der Waals surface area contributed by atoms with Crippen LogP contribution in [-0.2, 0) is 0 Å². The highest BCUT2D eigenvalue weighted by Crippen LogP contribution is 2.32. The second-order valence-corrected chi connectivity index (χ2v) is 6.21. The lowest BCUT2D eigenvalue weighted by Crippen LogP contribution is -2.14. The van der Waals surface area contributed by atoms with Crippen LogP contribution in [0.2, 0.25) is 0 Å². The van der Waals surface area contributed by atoms with E-state index in [2.05, 4.69) is 31.1 Å². The van der Waals surface area contributed by atoms with Gasteiger partial charge in [0.15, 0.2) is 17.3 Å². The fraction of sp³-hybridized carbons (Fsp3) is 0.176. The standard InChI is InChI=1S/C17H17BrN4O3/c1-24-13-6-3-9(7-14(13)25-2)15(19)17-20-16(21-22-17)11-8-10(18)4-5-12(11)23/h3-8,15,23H,19H2,1-2H3,(H,20,21,22). The van der Waals surface area contributed by atoms with Gasteiger partial charge in [-0.1, -0.05) is 22.0 Å². The van der Waals surface area contributed by atoms with E-state index in [4.69, 9.17) is 15.2 Å². The quantitative estimate of drug-likeness (QED) is 0.603. The number of nitrogens with one attached hydrogen (secondary N) is 1. The van der Waals surface area contributed by atoms with Gasteiger partial charge in [-0.05, 0) is 35.9 Å².